The van der Waals surface area contributed by atoms with E-state index in [0.717, 1.165) is 11.1 Å². The molecule has 0 radical (unpaired) electrons. The average Bonchev–Trinajstić information content (AvgIpc) is 2.75. The van der Waals surface area contributed by atoms with Crippen molar-refractivity contribution in [3.8, 4) is 0 Å². The van der Waals surface area contributed by atoms with Crippen molar-refractivity contribution in [1.82, 2.24) is 4.90 Å². The van der Waals surface area contributed by atoms with Crippen molar-refractivity contribution >= 4 is 46.3 Å². The minimum absolute atomic E-state index is 0.151. The van der Waals surface area contributed by atoms with E-state index in [0.29, 0.717) is 9.23 Å². The summed E-state index contributed by atoms with van der Waals surface area (Å²) in [7, 11) is 0. The molecule has 2 rings (SSSR count). The number of esters is 1. The van der Waals surface area contributed by atoms with E-state index in [2.05, 4.69) is 0 Å². The number of hydrogen-bond donors (Lipinski definition) is 0. The van der Waals surface area contributed by atoms with Gasteiger partial charge in [0.05, 0.1) is 11.0 Å². The van der Waals surface area contributed by atoms with E-state index in [-0.39, 0.29) is 18.6 Å². The highest BCUT2D eigenvalue weighted by molar-refractivity contribution is 8.26. The Bertz CT molecular complexity index is 708. The lowest BCUT2D eigenvalue weighted by Gasteiger charge is -2.14. The van der Waals surface area contributed by atoms with E-state index in [9.17, 15) is 9.59 Å². The molecule has 24 heavy (non-hydrogen) atoms. The van der Waals surface area contributed by atoms with Gasteiger partial charge in [-0.1, -0.05) is 60.4 Å². The molecule has 0 N–H and O–H groups in total. The predicted molar refractivity (Wildman–Crippen MR) is 101 cm³/mol. The maximum absolute atomic E-state index is 12.4. The van der Waals surface area contributed by atoms with Gasteiger partial charge in [-0.2, -0.15) is 0 Å². The van der Waals surface area contributed by atoms with Crippen LogP contribution in [0.15, 0.2) is 46.9 Å². The zero-order chi connectivity index (χ0) is 17.7. The maximum atomic E-state index is 12.4. The Hall–Kier alpha value is -1.92. The predicted octanol–water partition coefficient (Wildman–Crippen LogP) is 3.79. The first-order valence-corrected chi connectivity index (χ1v) is 8.77. The number of carbonyl (C=O) groups excluding carboxylic acids is 2. The Balaban J connectivity index is 2.10. The zero-order valence-corrected chi connectivity index (χ0v) is 15.4. The van der Waals surface area contributed by atoms with Crippen LogP contribution < -0.4 is 0 Å². The number of thioether (sulfide) groups is 1. The van der Waals surface area contributed by atoms with Crippen LogP contribution in [0.2, 0.25) is 0 Å². The molecule has 1 aromatic carbocycles. The van der Waals surface area contributed by atoms with Gasteiger partial charge in [-0.3, -0.25) is 14.5 Å². The summed E-state index contributed by atoms with van der Waals surface area (Å²) < 4.78 is 5.45. The van der Waals surface area contributed by atoms with Crippen LogP contribution in [-0.4, -0.2) is 33.7 Å². The molecule has 0 saturated carbocycles. The van der Waals surface area contributed by atoms with Gasteiger partial charge in [-0.25, -0.2) is 0 Å². The van der Waals surface area contributed by atoms with Gasteiger partial charge in [0.2, 0.25) is 0 Å². The summed E-state index contributed by atoms with van der Waals surface area (Å²) in [6.07, 6.45) is 3.56. The first-order chi connectivity index (χ1) is 11.4. The number of amides is 1. The van der Waals surface area contributed by atoms with Crippen molar-refractivity contribution in [2.24, 2.45) is 0 Å². The molecule has 1 saturated heterocycles. The Kier molecular flexibility index (Phi) is 6.34. The molecule has 1 aliphatic heterocycles. The number of hydrogen-bond acceptors (Lipinski definition) is 5. The van der Waals surface area contributed by atoms with Crippen LogP contribution in [0.4, 0.5) is 0 Å². The van der Waals surface area contributed by atoms with Crippen molar-refractivity contribution in [2.45, 2.75) is 26.9 Å². The standard InChI is InChI=1S/C18H19NO3S2/c1-12(2)22-16(20)11-19-17(21)15(24-18(19)23)10-13(3)9-14-7-5-4-6-8-14/h4-10,12H,11H2,1-3H3/b13-9+,15-10-. The molecule has 1 aliphatic rings. The Morgan fingerprint density at radius 3 is 2.62 bits per heavy atom. The number of carbonyl (C=O) groups is 2. The van der Waals surface area contributed by atoms with Crippen LogP contribution >= 0.6 is 24.0 Å². The molecular formula is C18H19NO3S2. The third-order valence-electron chi connectivity index (χ3n) is 3.08. The Morgan fingerprint density at radius 1 is 1.33 bits per heavy atom. The van der Waals surface area contributed by atoms with E-state index in [4.69, 9.17) is 17.0 Å². The highest BCUT2D eigenvalue weighted by Gasteiger charge is 2.33. The van der Waals surface area contributed by atoms with E-state index in [1.54, 1.807) is 19.9 Å². The van der Waals surface area contributed by atoms with Gasteiger partial charge in [0.15, 0.2) is 0 Å². The molecule has 1 heterocycles. The molecule has 0 aliphatic carbocycles. The summed E-state index contributed by atoms with van der Waals surface area (Å²) in [4.78, 5) is 26.0. The summed E-state index contributed by atoms with van der Waals surface area (Å²) in [5.74, 6) is -0.717. The van der Waals surface area contributed by atoms with Gasteiger partial charge in [0.25, 0.3) is 5.91 Å². The molecule has 0 spiro atoms. The monoisotopic (exact) mass is 361 g/mol. The number of ether oxygens (including phenoxy) is 1. The van der Waals surface area contributed by atoms with Crippen molar-refractivity contribution < 1.29 is 14.3 Å². The number of thiocarbonyl (C=S) groups is 1. The van der Waals surface area contributed by atoms with Crippen molar-refractivity contribution in [3.63, 3.8) is 0 Å². The lowest BCUT2D eigenvalue weighted by molar-refractivity contribution is -0.149. The quantitative estimate of drug-likeness (QED) is 0.454. The molecule has 0 unspecified atom stereocenters. The molecule has 0 aromatic heterocycles. The average molecular weight is 361 g/mol. The normalized spacial score (nSPS) is 17.1. The lowest BCUT2D eigenvalue weighted by Crippen LogP contribution is -2.35. The third-order valence-corrected chi connectivity index (χ3v) is 4.46. The maximum Gasteiger partial charge on any atom is 0.326 e. The third kappa shape index (κ3) is 5.04. The molecule has 1 fully saturated rings. The molecule has 1 aromatic rings. The van der Waals surface area contributed by atoms with Gasteiger partial charge in [0, 0.05) is 0 Å². The fraction of sp³-hybridized carbons (Fsp3) is 0.278. The van der Waals surface area contributed by atoms with E-state index in [1.807, 2.05) is 43.3 Å². The summed E-state index contributed by atoms with van der Waals surface area (Å²) >= 11 is 6.41. The smallest absolute Gasteiger partial charge is 0.326 e. The molecule has 1 amide bonds. The second kappa shape index (κ2) is 8.26. The van der Waals surface area contributed by atoms with Gasteiger partial charge in [0.1, 0.15) is 10.9 Å². The SMILES string of the molecule is CC(/C=C1\SC(=S)N(CC(=O)OC(C)C)C1=O)=C\c1ccccc1. The second-order valence-corrected chi connectivity index (χ2v) is 7.28. The highest BCUT2D eigenvalue weighted by atomic mass is 32.2. The summed E-state index contributed by atoms with van der Waals surface area (Å²) in [6, 6.07) is 9.85. The first-order valence-electron chi connectivity index (χ1n) is 7.55. The Morgan fingerprint density at radius 2 is 2.00 bits per heavy atom. The van der Waals surface area contributed by atoms with Gasteiger partial charge in [-0.05, 0) is 38.0 Å². The van der Waals surface area contributed by atoms with Crippen molar-refractivity contribution in [3.05, 3.63) is 52.4 Å². The summed E-state index contributed by atoms with van der Waals surface area (Å²) in [6.45, 7) is 5.30. The molecule has 126 valence electrons. The summed E-state index contributed by atoms with van der Waals surface area (Å²) in [5.41, 5.74) is 1.99. The van der Waals surface area contributed by atoms with Gasteiger partial charge in [-0.15, -0.1) is 0 Å². The highest BCUT2D eigenvalue weighted by Crippen LogP contribution is 2.32. The minimum Gasteiger partial charge on any atom is -0.462 e. The van der Waals surface area contributed by atoms with Crippen LogP contribution in [0.1, 0.15) is 26.3 Å². The van der Waals surface area contributed by atoms with E-state index >= 15 is 0 Å². The van der Waals surface area contributed by atoms with E-state index < -0.39 is 5.97 Å². The molecular weight excluding hydrogens is 342 g/mol. The van der Waals surface area contributed by atoms with Crippen molar-refractivity contribution in [2.75, 3.05) is 6.54 Å². The fourth-order valence-corrected chi connectivity index (χ4v) is 3.43. The van der Waals surface area contributed by atoms with Crippen LogP contribution in [0.3, 0.4) is 0 Å². The number of nitrogens with zero attached hydrogens (tertiary/aromatic N) is 1. The first kappa shape index (κ1) is 18.4. The van der Waals surface area contributed by atoms with Crippen LogP contribution in [-0.2, 0) is 14.3 Å². The van der Waals surface area contributed by atoms with Crippen molar-refractivity contribution in [1.29, 1.82) is 0 Å². The van der Waals surface area contributed by atoms with Crippen LogP contribution in [0, 0.1) is 0 Å². The molecule has 4 nitrogen and oxygen atoms in total. The molecule has 0 atom stereocenters. The topological polar surface area (TPSA) is 46.6 Å². The van der Waals surface area contributed by atoms with E-state index in [1.165, 1.54) is 16.7 Å². The molecule has 6 heteroatoms. The Labute approximate surface area is 151 Å². The number of allylic oxidation sites excluding steroid dienone is 2. The summed E-state index contributed by atoms with van der Waals surface area (Å²) in [5, 5.41) is 0. The van der Waals surface area contributed by atoms with Crippen LogP contribution in [0.5, 0.6) is 0 Å². The largest absolute Gasteiger partial charge is 0.462 e. The fourth-order valence-electron chi connectivity index (χ4n) is 2.13. The number of benzene rings is 1. The molecule has 0 bridgehead atoms. The van der Waals surface area contributed by atoms with Gasteiger partial charge < -0.3 is 4.74 Å². The number of rotatable bonds is 5. The minimum atomic E-state index is -0.459. The van der Waals surface area contributed by atoms with Crippen LogP contribution in [0.25, 0.3) is 6.08 Å². The zero-order valence-electron chi connectivity index (χ0n) is 13.8. The second-order valence-electron chi connectivity index (χ2n) is 5.61. The lowest BCUT2D eigenvalue weighted by atomic mass is 10.1. The van der Waals surface area contributed by atoms with Gasteiger partial charge >= 0.3 is 5.97 Å².